The van der Waals surface area contributed by atoms with E-state index in [1.165, 1.54) is 12.1 Å². The molecule has 4 aromatic rings. The zero-order chi connectivity index (χ0) is 18.1. The van der Waals surface area contributed by atoms with Crippen LogP contribution in [0.25, 0.3) is 22.4 Å². The van der Waals surface area contributed by atoms with E-state index in [0.29, 0.717) is 33.6 Å². The highest BCUT2D eigenvalue weighted by molar-refractivity contribution is 6.12. The lowest BCUT2D eigenvalue weighted by Gasteiger charge is -2.08. The van der Waals surface area contributed by atoms with Gasteiger partial charge in [0, 0.05) is 11.8 Å². The summed E-state index contributed by atoms with van der Waals surface area (Å²) in [7, 11) is 0. The van der Waals surface area contributed by atoms with Crippen LogP contribution in [-0.4, -0.2) is 21.0 Å². The maximum atomic E-state index is 13.2. The number of carbonyl (C=O) groups excluding carboxylic acids is 1. The van der Waals surface area contributed by atoms with Gasteiger partial charge >= 0.3 is 0 Å². The van der Waals surface area contributed by atoms with Crippen molar-refractivity contribution in [3.05, 3.63) is 71.9 Å². The number of halogens is 1. The SMILES string of the molecule is Cc1noc2nc(-c3ccc(F)cc3)cc(C(=O)Nc3cccnc3)c12. The summed E-state index contributed by atoms with van der Waals surface area (Å²) in [6, 6.07) is 11.0. The standard InChI is InChI=1S/C19H13FN4O2/c1-11-17-15(18(25)22-14-3-2-8-21-10-14)9-16(23-19(17)26-24-11)12-4-6-13(20)7-5-12/h2-10H,1H3,(H,22,25). The van der Waals surface area contributed by atoms with Crippen molar-refractivity contribution < 1.29 is 13.7 Å². The molecule has 0 spiro atoms. The lowest BCUT2D eigenvalue weighted by Crippen LogP contribution is -2.13. The number of aryl methyl sites for hydroxylation is 1. The molecule has 0 unspecified atom stereocenters. The first kappa shape index (κ1) is 15.9. The Kier molecular flexibility index (Phi) is 3.89. The van der Waals surface area contributed by atoms with Crippen LogP contribution in [0.5, 0.6) is 0 Å². The first-order valence-corrected chi connectivity index (χ1v) is 7.86. The molecule has 0 saturated heterocycles. The van der Waals surface area contributed by atoms with Crippen LogP contribution in [0.15, 0.2) is 59.4 Å². The molecule has 0 bridgehead atoms. The van der Waals surface area contributed by atoms with Crippen LogP contribution in [0.1, 0.15) is 16.1 Å². The molecule has 0 saturated carbocycles. The smallest absolute Gasteiger partial charge is 0.259 e. The van der Waals surface area contributed by atoms with Crippen molar-refractivity contribution in [1.29, 1.82) is 0 Å². The molecule has 3 heterocycles. The van der Waals surface area contributed by atoms with Crippen molar-refractivity contribution in [2.45, 2.75) is 6.92 Å². The number of carbonyl (C=O) groups is 1. The Balaban J connectivity index is 1.82. The van der Waals surface area contributed by atoms with E-state index in [9.17, 15) is 9.18 Å². The van der Waals surface area contributed by atoms with Crippen molar-refractivity contribution in [2.75, 3.05) is 5.32 Å². The predicted octanol–water partition coefficient (Wildman–Crippen LogP) is 3.98. The fraction of sp³-hybridized carbons (Fsp3) is 0.0526. The van der Waals surface area contributed by atoms with Gasteiger partial charge in [-0.2, -0.15) is 0 Å². The van der Waals surface area contributed by atoms with Crippen molar-refractivity contribution in [1.82, 2.24) is 15.1 Å². The van der Waals surface area contributed by atoms with Gasteiger partial charge in [0.15, 0.2) is 0 Å². The van der Waals surface area contributed by atoms with Crippen LogP contribution in [-0.2, 0) is 0 Å². The molecule has 1 N–H and O–H groups in total. The van der Waals surface area contributed by atoms with Crippen LogP contribution < -0.4 is 5.32 Å². The Hall–Kier alpha value is -3.61. The third-order valence-corrected chi connectivity index (χ3v) is 3.92. The first-order chi connectivity index (χ1) is 12.6. The van der Waals surface area contributed by atoms with Gasteiger partial charge in [-0.25, -0.2) is 9.37 Å². The summed E-state index contributed by atoms with van der Waals surface area (Å²) < 4.78 is 18.4. The van der Waals surface area contributed by atoms with Crippen LogP contribution in [0, 0.1) is 12.7 Å². The molecule has 0 aliphatic heterocycles. The van der Waals surface area contributed by atoms with Gasteiger partial charge in [-0.15, -0.1) is 0 Å². The molecule has 1 aromatic carbocycles. The second-order valence-electron chi connectivity index (χ2n) is 5.71. The first-order valence-electron chi connectivity index (χ1n) is 7.86. The summed E-state index contributed by atoms with van der Waals surface area (Å²) in [5, 5.41) is 7.24. The quantitative estimate of drug-likeness (QED) is 0.605. The number of aromatic nitrogens is 3. The average molecular weight is 348 g/mol. The Morgan fingerprint density at radius 3 is 2.73 bits per heavy atom. The fourth-order valence-corrected chi connectivity index (χ4v) is 2.68. The number of fused-ring (bicyclic) bond motifs is 1. The molecule has 7 heteroatoms. The number of anilines is 1. The number of nitrogens with zero attached hydrogens (tertiary/aromatic N) is 3. The molecule has 0 fully saturated rings. The normalized spacial score (nSPS) is 10.8. The number of hydrogen-bond acceptors (Lipinski definition) is 5. The maximum Gasteiger partial charge on any atom is 0.259 e. The lowest BCUT2D eigenvalue weighted by atomic mass is 10.0. The van der Waals surface area contributed by atoms with Crippen LogP contribution in [0.4, 0.5) is 10.1 Å². The minimum absolute atomic E-state index is 0.251. The Labute approximate surface area is 147 Å². The zero-order valence-corrected chi connectivity index (χ0v) is 13.7. The van der Waals surface area contributed by atoms with E-state index in [-0.39, 0.29) is 17.4 Å². The topological polar surface area (TPSA) is 80.9 Å². The lowest BCUT2D eigenvalue weighted by molar-refractivity contribution is 0.102. The summed E-state index contributed by atoms with van der Waals surface area (Å²) in [5.41, 5.74) is 2.91. The van der Waals surface area contributed by atoms with Crippen LogP contribution >= 0.6 is 0 Å². The van der Waals surface area contributed by atoms with Gasteiger partial charge in [-0.05, 0) is 49.4 Å². The number of amides is 1. The number of pyridine rings is 2. The van der Waals surface area contributed by atoms with Gasteiger partial charge in [-0.1, -0.05) is 5.16 Å². The third kappa shape index (κ3) is 2.90. The number of hydrogen-bond donors (Lipinski definition) is 1. The second-order valence-corrected chi connectivity index (χ2v) is 5.71. The Morgan fingerprint density at radius 1 is 1.19 bits per heavy atom. The largest absolute Gasteiger partial charge is 0.335 e. The van der Waals surface area contributed by atoms with Crippen LogP contribution in [0.2, 0.25) is 0 Å². The Morgan fingerprint density at radius 2 is 2.00 bits per heavy atom. The molecular formula is C19H13FN4O2. The molecule has 6 nitrogen and oxygen atoms in total. The van der Waals surface area contributed by atoms with E-state index in [4.69, 9.17) is 4.52 Å². The number of benzene rings is 1. The summed E-state index contributed by atoms with van der Waals surface area (Å²) in [6.45, 7) is 1.74. The highest BCUT2D eigenvalue weighted by atomic mass is 19.1. The van der Waals surface area contributed by atoms with Gasteiger partial charge in [0.2, 0.25) is 0 Å². The fourth-order valence-electron chi connectivity index (χ4n) is 2.68. The Bertz CT molecular complexity index is 1090. The highest BCUT2D eigenvalue weighted by Crippen LogP contribution is 2.27. The second kappa shape index (κ2) is 6.36. The molecule has 0 atom stereocenters. The van der Waals surface area contributed by atoms with Gasteiger partial charge in [0.1, 0.15) is 5.82 Å². The minimum atomic E-state index is -0.347. The van der Waals surface area contributed by atoms with Gasteiger partial charge < -0.3 is 9.84 Å². The van der Waals surface area contributed by atoms with Crippen molar-refractivity contribution >= 4 is 22.7 Å². The summed E-state index contributed by atoms with van der Waals surface area (Å²) in [4.78, 5) is 21.2. The molecule has 0 aliphatic rings. The molecule has 1 amide bonds. The molecule has 0 aliphatic carbocycles. The third-order valence-electron chi connectivity index (χ3n) is 3.92. The molecular weight excluding hydrogens is 335 g/mol. The van der Waals surface area contributed by atoms with E-state index in [1.54, 1.807) is 49.6 Å². The summed E-state index contributed by atoms with van der Waals surface area (Å²) in [5.74, 6) is -0.681. The van der Waals surface area contributed by atoms with Gasteiger partial charge in [-0.3, -0.25) is 9.78 Å². The molecule has 0 radical (unpaired) electrons. The average Bonchev–Trinajstić information content (AvgIpc) is 3.03. The van der Waals surface area contributed by atoms with Crippen molar-refractivity contribution in [3.63, 3.8) is 0 Å². The molecule has 128 valence electrons. The zero-order valence-electron chi connectivity index (χ0n) is 13.7. The van der Waals surface area contributed by atoms with E-state index in [0.717, 1.165) is 0 Å². The van der Waals surface area contributed by atoms with E-state index >= 15 is 0 Å². The van der Waals surface area contributed by atoms with E-state index < -0.39 is 0 Å². The summed E-state index contributed by atoms with van der Waals surface area (Å²) >= 11 is 0. The van der Waals surface area contributed by atoms with Crippen LogP contribution in [0.3, 0.4) is 0 Å². The van der Waals surface area contributed by atoms with Gasteiger partial charge in [0.25, 0.3) is 11.6 Å². The summed E-state index contributed by atoms with van der Waals surface area (Å²) in [6.07, 6.45) is 3.18. The molecule has 4 rings (SSSR count). The van der Waals surface area contributed by atoms with Crippen molar-refractivity contribution in [2.24, 2.45) is 0 Å². The monoisotopic (exact) mass is 348 g/mol. The number of nitrogens with one attached hydrogen (secondary N) is 1. The van der Waals surface area contributed by atoms with E-state index in [2.05, 4.69) is 20.4 Å². The van der Waals surface area contributed by atoms with Crippen molar-refractivity contribution in [3.8, 4) is 11.3 Å². The predicted molar refractivity (Wildman–Crippen MR) is 94.1 cm³/mol. The highest BCUT2D eigenvalue weighted by Gasteiger charge is 2.19. The molecule has 26 heavy (non-hydrogen) atoms. The van der Waals surface area contributed by atoms with E-state index in [1.807, 2.05) is 0 Å². The minimum Gasteiger partial charge on any atom is -0.335 e. The number of rotatable bonds is 3. The van der Waals surface area contributed by atoms with Gasteiger partial charge in [0.05, 0.1) is 34.2 Å². The molecule has 3 aromatic heterocycles. The maximum absolute atomic E-state index is 13.2.